The second kappa shape index (κ2) is 11.0. The van der Waals surface area contributed by atoms with Crippen molar-refractivity contribution < 1.29 is 4.79 Å². The Morgan fingerprint density at radius 2 is 1.48 bits per heavy atom. The van der Waals surface area contributed by atoms with Crippen molar-refractivity contribution in [2.75, 3.05) is 6.54 Å². The van der Waals surface area contributed by atoms with Crippen molar-refractivity contribution in [2.45, 2.75) is 19.0 Å². The molecule has 3 aromatic carbocycles. The molecule has 4 heteroatoms. The number of rotatable bonds is 9. The summed E-state index contributed by atoms with van der Waals surface area (Å²) in [6, 6.07) is 32.5. The van der Waals surface area contributed by atoms with Gasteiger partial charge in [0.05, 0.1) is 12.5 Å². The second-order valence-corrected chi connectivity index (χ2v) is 8.93. The Morgan fingerprint density at radius 1 is 0.879 bits per heavy atom. The van der Waals surface area contributed by atoms with Gasteiger partial charge in [-0.2, -0.15) is 0 Å². The highest BCUT2D eigenvalue weighted by Crippen LogP contribution is 2.28. The van der Waals surface area contributed by atoms with E-state index in [4.69, 9.17) is 0 Å². The van der Waals surface area contributed by atoms with E-state index < -0.39 is 0 Å². The smallest absolute Gasteiger partial charge is 0.235 e. The first-order chi connectivity index (χ1) is 16.2. The predicted octanol–water partition coefficient (Wildman–Crippen LogP) is 6.65. The quantitative estimate of drug-likeness (QED) is 0.237. The third-order valence-corrected chi connectivity index (χ3v) is 6.25. The summed E-state index contributed by atoms with van der Waals surface area (Å²) in [7, 11) is 0. The van der Waals surface area contributed by atoms with Gasteiger partial charge in [0.15, 0.2) is 0 Å². The van der Waals surface area contributed by atoms with Gasteiger partial charge in [-0.1, -0.05) is 94.8 Å². The van der Waals surface area contributed by atoms with Crippen LogP contribution in [-0.4, -0.2) is 21.9 Å². The third-order valence-electron chi connectivity index (χ3n) is 5.72. The maximum atomic E-state index is 13.9. The number of aromatic nitrogens is 1. The molecule has 0 aliphatic heterocycles. The fraction of sp³-hybridized carbons (Fsp3) is 0.138. The first-order valence-electron chi connectivity index (χ1n) is 11.0. The number of amides is 1. The van der Waals surface area contributed by atoms with Crippen LogP contribution in [0.15, 0.2) is 120 Å². The van der Waals surface area contributed by atoms with Crippen molar-refractivity contribution in [3.05, 3.63) is 143 Å². The largest absolute Gasteiger partial charge is 0.345 e. The molecule has 0 aliphatic rings. The predicted molar refractivity (Wildman–Crippen MR) is 138 cm³/mol. The molecule has 0 unspecified atom stereocenters. The van der Waals surface area contributed by atoms with Crippen molar-refractivity contribution in [3.63, 3.8) is 0 Å². The van der Waals surface area contributed by atoms with Gasteiger partial charge in [-0.05, 0) is 41.0 Å². The molecular formula is C29H27BrN2O. The number of carbonyl (C=O) groups is 1. The summed E-state index contributed by atoms with van der Waals surface area (Å²) in [5.74, 6) is -0.286. The van der Waals surface area contributed by atoms with Crippen molar-refractivity contribution in [2.24, 2.45) is 0 Å². The van der Waals surface area contributed by atoms with Gasteiger partial charge >= 0.3 is 0 Å². The molecule has 4 rings (SSSR count). The van der Waals surface area contributed by atoms with Crippen LogP contribution in [0.1, 0.15) is 28.3 Å². The lowest BCUT2D eigenvalue weighted by atomic mass is 9.90. The molecule has 3 nitrogen and oxygen atoms in total. The summed E-state index contributed by atoms with van der Waals surface area (Å²) < 4.78 is 3.27. The van der Waals surface area contributed by atoms with Crippen LogP contribution < -0.4 is 0 Å². The zero-order valence-electron chi connectivity index (χ0n) is 18.5. The van der Waals surface area contributed by atoms with E-state index in [1.165, 1.54) is 5.56 Å². The van der Waals surface area contributed by atoms with E-state index in [9.17, 15) is 4.79 Å². The molecule has 4 aromatic rings. The van der Waals surface area contributed by atoms with Gasteiger partial charge in [0.25, 0.3) is 0 Å². The summed E-state index contributed by atoms with van der Waals surface area (Å²) >= 11 is 3.50. The summed E-state index contributed by atoms with van der Waals surface area (Å²) in [5.41, 5.74) is 4.29. The number of nitrogens with zero attached hydrogens (tertiary/aromatic N) is 2. The molecule has 1 aromatic heterocycles. The number of hydrogen-bond donors (Lipinski definition) is 0. The van der Waals surface area contributed by atoms with Crippen LogP contribution in [0.3, 0.4) is 0 Å². The summed E-state index contributed by atoms with van der Waals surface area (Å²) in [6.45, 7) is 5.67. The van der Waals surface area contributed by atoms with Crippen molar-refractivity contribution in [1.82, 2.24) is 9.47 Å². The van der Waals surface area contributed by atoms with E-state index in [1.807, 2.05) is 71.6 Å². The van der Waals surface area contributed by atoms with Gasteiger partial charge in [-0.3, -0.25) is 4.79 Å². The second-order valence-electron chi connectivity index (χ2n) is 8.02. The lowest BCUT2D eigenvalue weighted by Crippen LogP contribution is -2.36. The minimum absolute atomic E-state index is 0.0729. The van der Waals surface area contributed by atoms with E-state index in [2.05, 4.69) is 63.6 Å². The van der Waals surface area contributed by atoms with Crippen LogP contribution in [-0.2, 0) is 17.9 Å². The molecular weight excluding hydrogens is 472 g/mol. The van der Waals surface area contributed by atoms with Crippen molar-refractivity contribution >= 4 is 21.8 Å². The topological polar surface area (TPSA) is 25.2 Å². The minimum atomic E-state index is -0.359. The first kappa shape index (κ1) is 22.8. The highest BCUT2D eigenvalue weighted by Gasteiger charge is 2.27. The molecule has 0 bridgehead atoms. The average molecular weight is 499 g/mol. The van der Waals surface area contributed by atoms with Gasteiger partial charge in [-0.25, -0.2) is 0 Å². The van der Waals surface area contributed by atoms with Gasteiger partial charge in [-0.15, -0.1) is 6.58 Å². The van der Waals surface area contributed by atoms with E-state index in [1.54, 1.807) is 6.08 Å². The van der Waals surface area contributed by atoms with Gasteiger partial charge in [0.2, 0.25) is 5.91 Å². The Kier molecular flexibility index (Phi) is 7.59. The summed E-state index contributed by atoms with van der Waals surface area (Å²) in [5, 5.41) is 0. The highest BCUT2D eigenvalue weighted by molar-refractivity contribution is 9.10. The Bertz CT molecular complexity index is 1140. The van der Waals surface area contributed by atoms with Crippen LogP contribution >= 0.6 is 15.9 Å². The zero-order valence-corrected chi connectivity index (χ0v) is 20.1. The molecule has 0 saturated carbocycles. The Labute approximate surface area is 204 Å². The highest BCUT2D eigenvalue weighted by atomic mass is 79.9. The SMILES string of the molecule is C=CCN(Cc1cccn1Cc1ccc(Br)cc1)C(=O)C(c1ccccc1)c1ccccc1. The molecule has 0 N–H and O–H groups in total. The summed E-state index contributed by atoms with van der Waals surface area (Å²) in [6.07, 6.45) is 3.87. The minimum Gasteiger partial charge on any atom is -0.345 e. The number of benzene rings is 3. The standard InChI is InChI=1S/C29H27BrN2O/c1-2-19-32(22-27-14-9-20-31(27)21-23-15-17-26(30)18-16-23)29(33)28(24-10-5-3-6-11-24)25-12-7-4-8-13-25/h2-18,20,28H,1,19,21-22H2. The third kappa shape index (κ3) is 5.71. The Morgan fingerprint density at radius 3 is 2.06 bits per heavy atom. The van der Waals surface area contributed by atoms with Crippen LogP contribution in [0.25, 0.3) is 0 Å². The van der Waals surface area contributed by atoms with Crippen molar-refractivity contribution in [3.8, 4) is 0 Å². The Hall–Kier alpha value is -3.37. The van der Waals surface area contributed by atoms with Gasteiger partial charge in [0.1, 0.15) is 0 Å². The fourth-order valence-electron chi connectivity index (χ4n) is 4.07. The Balaban J connectivity index is 1.61. The lowest BCUT2D eigenvalue weighted by Gasteiger charge is -2.28. The average Bonchev–Trinajstić information content (AvgIpc) is 3.28. The van der Waals surface area contributed by atoms with Crippen LogP contribution in [0, 0.1) is 0 Å². The zero-order chi connectivity index (χ0) is 23.0. The number of hydrogen-bond acceptors (Lipinski definition) is 1. The van der Waals surface area contributed by atoms with E-state index in [0.29, 0.717) is 13.1 Å². The molecule has 0 fully saturated rings. The first-order valence-corrected chi connectivity index (χ1v) is 11.8. The number of carbonyl (C=O) groups excluding carboxylic acids is 1. The molecule has 1 heterocycles. The molecule has 0 spiro atoms. The molecule has 166 valence electrons. The van der Waals surface area contributed by atoms with Crippen LogP contribution in [0.2, 0.25) is 0 Å². The van der Waals surface area contributed by atoms with E-state index in [0.717, 1.165) is 27.8 Å². The lowest BCUT2D eigenvalue weighted by molar-refractivity contribution is -0.132. The normalized spacial score (nSPS) is 10.8. The van der Waals surface area contributed by atoms with Crippen molar-refractivity contribution in [1.29, 1.82) is 0 Å². The van der Waals surface area contributed by atoms with E-state index >= 15 is 0 Å². The maximum absolute atomic E-state index is 13.9. The molecule has 33 heavy (non-hydrogen) atoms. The van der Waals surface area contributed by atoms with Gasteiger partial charge < -0.3 is 9.47 Å². The van der Waals surface area contributed by atoms with Crippen LogP contribution in [0.4, 0.5) is 0 Å². The molecule has 0 radical (unpaired) electrons. The molecule has 1 amide bonds. The number of halogens is 1. The molecule has 0 saturated heterocycles. The van der Waals surface area contributed by atoms with Crippen LogP contribution in [0.5, 0.6) is 0 Å². The summed E-state index contributed by atoms with van der Waals surface area (Å²) in [4.78, 5) is 15.8. The monoisotopic (exact) mass is 498 g/mol. The van der Waals surface area contributed by atoms with Gasteiger partial charge in [0, 0.05) is 29.5 Å². The molecule has 0 aliphatic carbocycles. The fourth-order valence-corrected chi connectivity index (χ4v) is 4.33. The maximum Gasteiger partial charge on any atom is 0.235 e. The molecule has 0 atom stereocenters. The van der Waals surface area contributed by atoms with E-state index in [-0.39, 0.29) is 11.8 Å².